The normalized spacial score (nSPS) is 20.1. The highest BCUT2D eigenvalue weighted by Crippen LogP contribution is 2.68. The Balaban J connectivity index is 1.26. The summed E-state index contributed by atoms with van der Waals surface area (Å²) in [5.74, 6) is -0.0743. The number of hydrogen-bond donors (Lipinski definition) is 2. The number of rotatable bonds is 5. The number of carbonyl (C=O) groups excluding carboxylic acids is 3. The van der Waals surface area contributed by atoms with Gasteiger partial charge in [0.2, 0.25) is 11.8 Å². The van der Waals surface area contributed by atoms with Gasteiger partial charge in [-0.3, -0.25) is 25.2 Å². The van der Waals surface area contributed by atoms with Gasteiger partial charge in [-0.05, 0) is 46.1 Å². The summed E-state index contributed by atoms with van der Waals surface area (Å²) >= 11 is 2.99. The van der Waals surface area contributed by atoms with E-state index in [0.29, 0.717) is 5.69 Å². The number of carbonyl (C=O) groups is 3. The van der Waals surface area contributed by atoms with Crippen LogP contribution in [0.15, 0.2) is 22.2 Å². The van der Waals surface area contributed by atoms with Crippen LogP contribution >= 0.6 is 22.7 Å². The van der Waals surface area contributed by atoms with Crippen LogP contribution in [0.25, 0.3) is 0 Å². The van der Waals surface area contributed by atoms with Crippen molar-refractivity contribution in [1.82, 2.24) is 20.7 Å². The summed E-state index contributed by atoms with van der Waals surface area (Å²) in [7, 11) is 0. The van der Waals surface area contributed by atoms with E-state index < -0.39 is 5.91 Å². The first-order valence-electron chi connectivity index (χ1n) is 11.0. The summed E-state index contributed by atoms with van der Waals surface area (Å²) in [5, 5.41) is 6.45. The average molecular weight is 475 g/mol. The number of aromatic nitrogens is 1. The van der Waals surface area contributed by atoms with Crippen molar-refractivity contribution in [3.8, 4) is 0 Å². The number of nitrogens with zero attached hydrogens (tertiary/aromatic N) is 2. The van der Waals surface area contributed by atoms with Crippen LogP contribution in [0.2, 0.25) is 0 Å². The molecule has 0 unspecified atom stereocenters. The number of hydrazine groups is 1. The van der Waals surface area contributed by atoms with Gasteiger partial charge in [0, 0.05) is 30.3 Å². The summed E-state index contributed by atoms with van der Waals surface area (Å²) < 4.78 is 0. The fourth-order valence-corrected chi connectivity index (χ4v) is 6.38. The predicted molar refractivity (Wildman–Crippen MR) is 125 cm³/mol. The molecule has 0 aromatic carbocycles. The second kappa shape index (κ2) is 8.59. The Kier molecular flexibility index (Phi) is 6.15. The molecule has 2 aliphatic rings. The van der Waals surface area contributed by atoms with E-state index >= 15 is 0 Å². The molecule has 1 saturated carbocycles. The van der Waals surface area contributed by atoms with Crippen LogP contribution in [-0.2, 0) is 16.0 Å². The maximum Gasteiger partial charge on any atom is 0.289 e. The van der Waals surface area contributed by atoms with Crippen LogP contribution in [0.4, 0.5) is 0 Å². The highest BCUT2D eigenvalue weighted by atomic mass is 32.1. The molecule has 0 radical (unpaired) electrons. The standard InChI is InChI=1S/C23H30N4O3S2/c1-22(2)18(23(22,3)4)21(30)27-8-5-15(6-9-27)20-24-16(13-32-20)19(29)26-25-17(28)11-14-7-10-31-12-14/h7,10,12-13,15,18H,5-6,8-9,11H2,1-4H3,(H,25,28)(H,26,29). The third kappa shape index (κ3) is 4.32. The van der Waals surface area contributed by atoms with Gasteiger partial charge in [0.1, 0.15) is 5.69 Å². The van der Waals surface area contributed by atoms with Gasteiger partial charge in [-0.25, -0.2) is 4.98 Å². The molecule has 0 spiro atoms. The molecular weight excluding hydrogens is 444 g/mol. The number of thiazole rings is 1. The lowest BCUT2D eigenvalue weighted by atomic mass is 9.96. The lowest BCUT2D eigenvalue weighted by Crippen LogP contribution is -2.42. The number of nitrogens with one attached hydrogen (secondary N) is 2. The van der Waals surface area contributed by atoms with Gasteiger partial charge in [-0.1, -0.05) is 27.7 Å². The molecule has 2 fully saturated rings. The lowest BCUT2D eigenvalue weighted by Gasteiger charge is -2.31. The van der Waals surface area contributed by atoms with Crippen LogP contribution in [0.5, 0.6) is 0 Å². The van der Waals surface area contributed by atoms with Gasteiger partial charge >= 0.3 is 0 Å². The van der Waals surface area contributed by atoms with Crippen LogP contribution in [0.1, 0.15) is 67.5 Å². The third-order valence-electron chi connectivity index (χ3n) is 7.44. The molecule has 7 nitrogen and oxygen atoms in total. The van der Waals surface area contributed by atoms with Gasteiger partial charge in [0.05, 0.1) is 11.4 Å². The number of likely N-dealkylation sites (tertiary alicyclic amines) is 1. The predicted octanol–water partition coefficient (Wildman–Crippen LogP) is 3.60. The van der Waals surface area contributed by atoms with E-state index in [9.17, 15) is 14.4 Å². The van der Waals surface area contributed by atoms with Crippen molar-refractivity contribution in [2.75, 3.05) is 13.1 Å². The maximum absolute atomic E-state index is 13.0. The molecule has 3 heterocycles. The van der Waals surface area contributed by atoms with E-state index in [1.807, 2.05) is 21.7 Å². The SMILES string of the molecule is CC1(C)C(C(=O)N2CCC(c3nc(C(=O)NNC(=O)Cc4ccsc4)cs3)CC2)C1(C)C. The van der Waals surface area contributed by atoms with Crippen molar-refractivity contribution >= 4 is 40.4 Å². The van der Waals surface area contributed by atoms with Crippen LogP contribution in [0.3, 0.4) is 0 Å². The first-order chi connectivity index (χ1) is 15.1. The fraction of sp³-hybridized carbons (Fsp3) is 0.565. The average Bonchev–Trinajstić information content (AvgIpc) is 3.28. The fourth-order valence-electron chi connectivity index (χ4n) is 4.74. The molecule has 1 saturated heterocycles. The Hall–Kier alpha value is -2.26. The number of thiophene rings is 1. The molecule has 2 N–H and O–H groups in total. The molecule has 172 valence electrons. The monoisotopic (exact) mass is 474 g/mol. The highest BCUT2D eigenvalue weighted by Gasteiger charge is 2.68. The van der Waals surface area contributed by atoms with Gasteiger partial charge < -0.3 is 4.90 Å². The molecule has 0 bridgehead atoms. The Bertz CT molecular complexity index is 990. The highest BCUT2D eigenvalue weighted by molar-refractivity contribution is 7.10. The molecular formula is C23H30N4O3S2. The molecule has 32 heavy (non-hydrogen) atoms. The largest absolute Gasteiger partial charge is 0.342 e. The zero-order valence-corrected chi connectivity index (χ0v) is 20.6. The molecule has 2 aromatic heterocycles. The zero-order valence-electron chi connectivity index (χ0n) is 18.9. The second-order valence-corrected chi connectivity index (χ2v) is 11.5. The smallest absolute Gasteiger partial charge is 0.289 e. The Morgan fingerprint density at radius 2 is 1.78 bits per heavy atom. The van der Waals surface area contributed by atoms with Crippen molar-refractivity contribution in [2.45, 2.75) is 52.9 Å². The minimum atomic E-state index is -0.419. The van der Waals surface area contributed by atoms with Crippen molar-refractivity contribution in [2.24, 2.45) is 16.7 Å². The molecule has 0 atom stereocenters. The van der Waals surface area contributed by atoms with Crippen molar-refractivity contribution in [1.29, 1.82) is 0 Å². The van der Waals surface area contributed by atoms with Crippen LogP contribution in [-0.4, -0.2) is 40.7 Å². The second-order valence-electron chi connectivity index (χ2n) is 9.86. The first-order valence-corrected chi connectivity index (χ1v) is 12.8. The van der Waals surface area contributed by atoms with E-state index in [1.54, 1.807) is 5.38 Å². The van der Waals surface area contributed by atoms with Crippen molar-refractivity contribution < 1.29 is 14.4 Å². The minimum Gasteiger partial charge on any atom is -0.342 e. The third-order valence-corrected chi connectivity index (χ3v) is 9.18. The summed E-state index contributed by atoms with van der Waals surface area (Å²) in [6, 6.07) is 1.88. The topological polar surface area (TPSA) is 91.4 Å². The van der Waals surface area contributed by atoms with Crippen LogP contribution < -0.4 is 10.9 Å². The van der Waals surface area contributed by atoms with Gasteiger partial charge in [-0.2, -0.15) is 11.3 Å². The Morgan fingerprint density at radius 3 is 2.38 bits per heavy atom. The van der Waals surface area contributed by atoms with E-state index in [-0.39, 0.29) is 40.9 Å². The molecule has 3 amide bonds. The molecule has 4 rings (SSSR count). The van der Waals surface area contributed by atoms with E-state index in [4.69, 9.17) is 0 Å². The molecule has 9 heteroatoms. The molecule has 1 aliphatic heterocycles. The van der Waals surface area contributed by atoms with E-state index in [1.165, 1.54) is 22.7 Å². The van der Waals surface area contributed by atoms with Gasteiger partial charge in [0.15, 0.2) is 0 Å². The van der Waals surface area contributed by atoms with E-state index in [0.717, 1.165) is 36.5 Å². The first kappa shape index (κ1) is 22.9. The lowest BCUT2D eigenvalue weighted by molar-refractivity contribution is -0.135. The van der Waals surface area contributed by atoms with Crippen molar-refractivity contribution in [3.05, 3.63) is 38.5 Å². The molecule has 2 aromatic rings. The van der Waals surface area contributed by atoms with Gasteiger partial charge in [-0.15, -0.1) is 11.3 Å². The number of hydrogen-bond acceptors (Lipinski definition) is 6. The minimum absolute atomic E-state index is 0.0532. The number of piperidine rings is 1. The van der Waals surface area contributed by atoms with E-state index in [2.05, 4.69) is 43.5 Å². The summed E-state index contributed by atoms with van der Waals surface area (Å²) in [6.45, 7) is 10.2. The zero-order chi connectivity index (χ0) is 23.1. The quantitative estimate of drug-likeness (QED) is 0.648. The maximum atomic E-state index is 13.0. The number of amides is 3. The van der Waals surface area contributed by atoms with Gasteiger partial charge in [0.25, 0.3) is 5.91 Å². The summed E-state index contributed by atoms with van der Waals surface area (Å²) in [4.78, 5) is 43.8. The van der Waals surface area contributed by atoms with Crippen LogP contribution in [0, 0.1) is 16.7 Å². The van der Waals surface area contributed by atoms with Crippen molar-refractivity contribution in [3.63, 3.8) is 0 Å². The summed E-state index contributed by atoms with van der Waals surface area (Å²) in [5.41, 5.74) is 6.21. The Labute approximate surface area is 196 Å². The summed E-state index contributed by atoms with van der Waals surface area (Å²) in [6.07, 6.45) is 1.93. The molecule has 1 aliphatic carbocycles. The Morgan fingerprint density at radius 1 is 1.09 bits per heavy atom.